The van der Waals surface area contributed by atoms with Gasteiger partial charge in [-0.05, 0) is 54.8 Å². The van der Waals surface area contributed by atoms with Gasteiger partial charge in [0.15, 0.2) is 12.4 Å². The number of benzene rings is 2. The van der Waals surface area contributed by atoms with Gasteiger partial charge in [0.2, 0.25) is 0 Å². The third-order valence-corrected chi connectivity index (χ3v) is 6.55. The van der Waals surface area contributed by atoms with Crippen LogP contribution in [0.25, 0.3) is 0 Å². The number of hydrogen-bond acceptors (Lipinski definition) is 4. The topological polar surface area (TPSA) is 50.6 Å². The first-order chi connectivity index (χ1) is 16.6. The van der Waals surface area contributed by atoms with E-state index >= 15 is 0 Å². The zero-order chi connectivity index (χ0) is 25.2. The number of piperazine rings is 1. The van der Waals surface area contributed by atoms with Gasteiger partial charge in [-0.3, -0.25) is 9.69 Å². The molecule has 10 heteroatoms. The summed E-state index contributed by atoms with van der Waals surface area (Å²) < 4.78 is 46.2. The number of rotatable bonds is 6. The minimum atomic E-state index is -4.36. The molecule has 6 nitrogen and oxygen atoms in total. The second-order valence-corrected chi connectivity index (χ2v) is 9.03. The standard InChI is InChI=1S/C25H26ClF3N4O2/c1-17-12-21(13-18(2)23(17)26)35-16-33-7-6-22(30-33)24(34)32-10-8-31(9-11-32)15-19-4-3-5-20(14-19)25(27,28)29/h3-7,12-14H,8-11,15-16H2,1-2H3. The number of hydrogen-bond donors (Lipinski definition) is 0. The Morgan fingerprint density at radius 3 is 2.40 bits per heavy atom. The monoisotopic (exact) mass is 506 g/mol. The van der Waals surface area contributed by atoms with Crippen molar-refractivity contribution in [1.82, 2.24) is 19.6 Å². The van der Waals surface area contributed by atoms with E-state index in [0.717, 1.165) is 17.2 Å². The highest BCUT2D eigenvalue weighted by molar-refractivity contribution is 6.32. The van der Waals surface area contributed by atoms with Gasteiger partial charge in [0.25, 0.3) is 5.91 Å². The molecule has 1 aromatic heterocycles. The van der Waals surface area contributed by atoms with Gasteiger partial charge in [-0.25, -0.2) is 4.68 Å². The van der Waals surface area contributed by atoms with E-state index in [0.29, 0.717) is 54.8 Å². The maximum atomic E-state index is 13.0. The van der Waals surface area contributed by atoms with Crippen molar-refractivity contribution in [1.29, 1.82) is 0 Å². The summed E-state index contributed by atoms with van der Waals surface area (Å²) in [6.07, 6.45) is -2.67. The summed E-state index contributed by atoms with van der Waals surface area (Å²) in [4.78, 5) is 16.6. The molecule has 3 aromatic rings. The molecule has 0 unspecified atom stereocenters. The van der Waals surface area contributed by atoms with E-state index in [1.807, 2.05) is 30.9 Å². The van der Waals surface area contributed by atoms with E-state index < -0.39 is 11.7 Å². The van der Waals surface area contributed by atoms with Crippen molar-refractivity contribution in [3.8, 4) is 5.75 Å². The van der Waals surface area contributed by atoms with Crippen LogP contribution in [0.3, 0.4) is 0 Å². The first kappa shape index (κ1) is 25.1. The van der Waals surface area contributed by atoms with Gasteiger partial charge in [-0.15, -0.1) is 0 Å². The molecule has 35 heavy (non-hydrogen) atoms. The van der Waals surface area contributed by atoms with E-state index in [2.05, 4.69) is 5.10 Å². The summed E-state index contributed by atoms with van der Waals surface area (Å²) in [5.74, 6) is 0.491. The van der Waals surface area contributed by atoms with E-state index in [1.165, 1.54) is 12.1 Å². The fraction of sp³-hybridized carbons (Fsp3) is 0.360. The number of carbonyl (C=O) groups is 1. The lowest BCUT2D eigenvalue weighted by Crippen LogP contribution is -2.48. The third kappa shape index (κ3) is 6.15. The van der Waals surface area contributed by atoms with Gasteiger partial charge in [0.1, 0.15) is 5.75 Å². The SMILES string of the molecule is Cc1cc(OCn2ccc(C(=O)N3CCN(Cc4cccc(C(F)(F)F)c4)CC3)n2)cc(C)c1Cl. The van der Waals surface area contributed by atoms with E-state index in [-0.39, 0.29) is 12.6 Å². The Balaban J connectivity index is 1.29. The summed E-state index contributed by atoms with van der Waals surface area (Å²) in [6, 6.07) is 10.7. The smallest absolute Gasteiger partial charge is 0.416 e. The maximum absolute atomic E-state index is 13.0. The van der Waals surface area contributed by atoms with E-state index in [4.69, 9.17) is 16.3 Å². The van der Waals surface area contributed by atoms with Gasteiger partial charge < -0.3 is 9.64 Å². The van der Waals surface area contributed by atoms with E-state index in [9.17, 15) is 18.0 Å². The number of aryl methyl sites for hydroxylation is 2. The summed E-state index contributed by atoms with van der Waals surface area (Å²) in [5, 5.41) is 5.04. The van der Waals surface area contributed by atoms with Gasteiger partial charge in [-0.1, -0.05) is 29.8 Å². The molecule has 0 aliphatic carbocycles. The Hall–Kier alpha value is -3.04. The van der Waals surface area contributed by atoms with Crippen LogP contribution >= 0.6 is 11.6 Å². The highest BCUT2D eigenvalue weighted by Gasteiger charge is 2.30. The molecule has 1 aliphatic rings. The van der Waals surface area contributed by atoms with Gasteiger partial charge in [-0.2, -0.15) is 18.3 Å². The molecule has 1 fully saturated rings. The molecule has 0 radical (unpaired) electrons. The molecular formula is C25H26ClF3N4O2. The van der Waals surface area contributed by atoms with Gasteiger partial charge in [0.05, 0.1) is 5.56 Å². The van der Waals surface area contributed by atoms with Gasteiger partial charge in [0, 0.05) is 43.9 Å². The highest BCUT2D eigenvalue weighted by Crippen LogP contribution is 2.30. The molecule has 2 aromatic carbocycles. The first-order valence-electron chi connectivity index (χ1n) is 11.2. The summed E-state index contributed by atoms with van der Waals surface area (Å²) in [7, 11) is 0. The molecule has 1 saturated heterocycles. The van der Waals surface area contributed by atoms with Crippen molar-refractivity contribution in [3.05, 3.63) is 81.6 Å². The molecule has 0 bridgehead atoms. The highest BCUT2D eigenvalue weighted by atomic mass is 35.5. The Morgan fingerprint density at radius 2 is 1.74 bits per heavy atom. The number of nitrogens with zero attached hydrogens (tertiary/aromatic N) is 4. The Labute approximate surface area is 206 Å². The van der Waals surface area contributed by atoms with Crippen LogP contribution in [-0.2, 0) is 19.5 Å². The maximum Gasteiger partial charge on any atom is 0.416 e. The molecule has 186 valence electrons. The largest absolute Gasteiger partial charge is 0.471 e. The summed E-state index contributed by atoms with van der Waals surface area (Å²) in [6.45, 7) is 6.47. The number of aromatic nitrogens is 2. The van der Waals surface area contributed by atoms with Crippen LogP contribution in [0.1, 0.15) is 32.7 Å². The minimum absolute atomic E-state index is 0.151. The van der Waals surface area contributed by atoms with Crippen LogP contribution < -0.4 is 4.74 Å². The van der Waals surface area contributed by atoms with Crippen molar-refractivity contribution < 1.29 is 22.7 Å². The predicted molar refractivity (Wildman–Crippen MR) is 126 cm³/mol. The number of amides is 1. The molecule has 1 amide bonds. The van der Waals surface area contributed by atoms with Crippen LogP contribution in [0.15, 0.2) is 48.7 Å². The molecule has 0 saturated carbocycles. The van der Waals surface area contributed by atoms with Crippen LogP contribution in [0, 0.1) is 13.8 Å². The summed E-state index contributed by atoms with van der Waals surface area (Å²) in [5.41, 5.74) is 2.12. The zero-order valence-corrected chi connectivity index (χ0v) is 20.2. The Kier molecular flexibility index (Phi) is 7.37. The van der Waals surface area contributed by atoms with Crippen LogP contribution in [0.4, 0.5) is 13.2 Å². The quantitative estimate of drug-likeness (QED) is 0.463. The number of alkyl halides is 3. The lowest BCUT2D eigenvalue weighted by atomic mass is 10.1. The van der Waals surface area contributed by atoms with Crippen LogP contribution in [0.5, 0.6) is 5.75 Å². The van der Waals surface area contributed by atoms with Crippen LogP contribution in [0.2, 0.25) is 5.02 Å². The van der Waals surface area contributed by atoms with Gasteiger partial charge >= 0.3 is 6.18 Å². The van der Waals surface area contributed by atoms with Crippen molar-refractivity contribution in [2.75, 3.05) is 26.2 Å². The molecular weight excluding hydrogens is 481 g/mol. The third-order valence-electron chi connectivity index (χ3n) is 5.95. The zero-order valence-electron chi connectivity index (χ0n) is 19.5. The molecule has 4 rings (SSSR count). The molecule has 2 heterocycles. The molecule has 0 N–H and O–H groups in total. The van der Waals surface area contributed by atoms with E-state index in [1.54, 1.807) is 27.9 Å². The fourth-order valence-electron chi connectivity index (χ4n) is 4.05. The van der Waals surface area contributed by atoms with Crippen LogP contribution in [-0.4, -0.2) is 51.7 Å². The van der Waals surface area contributed by atoms with Crippen molar-refractivity contribution in [2.24, 2.45) is 0 Å². The second kappa shape index (κ2) is 10.3. The Bertz CT molecular complexity index is 1180. The second-order valence-electron chi connectivity index (χ2n) is 8.65. The van der Waals surface area contributed by atoms with Crippen molar-refractivity contribution in [2.45, 2.75) is 33.3 Å². The molecule has 1 aliphatic heterocycles. The lowest BCUT2D eigenvalue weighted by Gasteiger charge is -2.34. The lowest BCUT2D eigenvalue weighted by molar-refractivity contribution is -0.137. The predicted octanol–water partition coefficient (Wildman–Crippen LogP) is 5.17. The number of ether oxygens (including phenoxy) is 1. The molecule has 0 spiro atoms. The van der Waals surface area contributed by atoms with Crippen molar-refractivity contribution in [3.63, 3.8) is 0 Å². The number of halogens is 4. The minimum Gasteiger partial charge on any atom is -0.471 e. The van der Waals surface area contributed by atoms with Crippen molar-refractivity contribution >= 4 is 17.5 Å². The fourth-order valence-corrected chi connectivity index (χ4v) is 4.16. The average Bonchev–Trinajstić information content (AvgIpc) is 3.30. The average molecular weight is 507 g/mol. The normalized spacial score (nSPS) is 14.9. The Morgan fingerprint density at radius 1 is 1.06 bits per heavy atom. The number of carbonyl (C=O) groups excluding carboxylic acids is 1. The summed E-state index contributed by atoms with van der Waals surface area (Å²) >= 11 is 6.19. The first-order valence-corrected chi connectivity index (χ1v) is 11.6. The molecule has 0 atom stereocenters.